The number of esters is 1. The second-order valence-corrected chi connectivity index (χ2v) is 5.46. The van der Waals surface area contributed by atoms with E-state index in [-0.39, 0.29) is 11.9 Å². The van der Waals surface area contributed by atoms with Gasteiger partial charge in [-0.05, 0) is 44.4 Å². The molecule has 0 radical (unpaired) electrons. The van der Waals surface area contributed by atoms with Crippen molar-refractivity contribution in [3.63, 3.8) is 0 Å². The summed E-state index contributed by atoms with van der Waals surface area (Å²) in [6, 6.07) is 6.13. The highest BCUT2D eigenvalue weighted by molar-refractivity contribution is 5.71. The fourth-order valence-electron chi connectivity index (χ4n) is 2.36. The fourth-order valence-corrected chi connectivity index (χ4v) is 2.36. The van der Waals surface area contributed by atoms with Crippen molar-refractivity contribution < 1.29 is 9.53 Å². The Balaban J connectivity index is 3.22. The van der Waals surface area contributed by atoms with Crippen LogP contribution < -0.4 is 5.73 Å². The van der Waals surface area contributed by atoms with Crippen LogP contribution >= 0.6 is 0 Å². The summed E-state index contributed by atoms with van der Waals surface area (Å²) in [6.45, 7) is 8.01. The molecule has 0 aliphatic rings. The lowest BCUT2D eigenvalue weighted by Crippen LogP contribution is -2.41. The second-order valence-electron chi connectivity index (χ2n) is 5.46. The number of carbonyl (C=O) groups is 1. The van der Waals surface area contributed by atoms with Crippen LogP contribution in [-0.2, 0) is 9.53 Å². The van der Waals surface area contributed by atoms with Gasteiger partial charge in [-0.2, -0.15) is 0 Å². The molecule has 0 heterocycles. The molecule has 0 spiro atoms. The lowest BCUT2D eigenvalue weighted by Gasteiger charge is -2.32. The smallest absolute Gasteiger partial charge is 0.306 e. The number of rotatable bonds is 4. The van der Waals surface area contributed by atoms with Gasteiger partial charge in [-0.15, -0.1) is 0 Å². The van der Waals surface area contributed by atoms with Gasteiger partial charge in [-0.1, -0.05) is 18.2 Å². The van der Waals surface area contributed by atoms with Gasteiger partial charge in [0.15, 0.2) is 0 Å². The number of hydrogen-bond donors (Lipinski definition) is 1. The summed E-state index contributed by atoms with van der Waals surface area (Å²) in [5, 5.41) is 0. The number of hydrogen-bond acceptors (Lipinski definition) is 3. The van der Waals surface area contributed by atoms with Crippen LogP contribution in [0, 0.1) is 13.8 Å². The van der Waals surface area contributed by atoms with E-state index in [9.17, 15) is 4.79 Å². The summed E-state index contributed by atoms with van der Waals surface area (Å²) < 4.78 is 4.78. The first kappa shape index (κ1) is 14.7. The predicted molar refractivity (Wildman–Crippen MR) is 73.6 cm³/mol. The average Bonchev–Trinajstić information content (AvgIpc) is 2.25. The van der Waals surface area contributed by atoms with Gasteiger partial charge in [0.1, 0.15) is 0 Å². The highest BCUT2D eigenvalue weighted by atomic mass is 16.5. The summed E-state index contributed by atoms with van der Waals surface area (Å²) in [4.78, 5) is 11.6. The first-order valence-corrected chi connectivity index (χ1v) is 6.19. The molecule has 0 aliphatic carbocycles. The number of ether oxygens (including phenoxy) is 1. The molecule has 0 aliphatic heterocycles. The quantitative estimate of drug-likeness (QED) is 0.835. The predicted octanol–water partition coefficient (Wildman–Crippen LogP) is 2.69. The molecule has 1 aromatic carbocycles. The van der Waals surface area contributed by atoms with Gasteiger partial charge in [0.25, 0.3) is 0 Å². The summed E-state index contributed by atoms with van der Waals surface area (Å²) in [6.07, 6.45) is 0.311. The van der Waals surface area contributed by atoms with E-state index in [0.29, 0.717) is 6.42 Å². The molecule has 3 heteroatoms. The van der Waals surface area contributed by atoms with E-state index in [1.165, 1.54) is 18.2 Å². The molecule has 0 bridgehead atoms. The van der Waals surface area contributed by atoms with Crippen LogP contribution in [0.25, 0.3) is 0 Å². The average molecular weight is 249 g/mol. The van der Waals surface area contributed by atoms with Crippen molar-refractivity contribution in [1.29, 1.82) is 0 Å². The zero-order valence-electron chi connectivity index (χ0n) is 11.9. The third-order valence-electron chi connectivity index (χ3n) is 3.39. The van der Waals surface area contributed by atoms with Crippen molar-refractivity contribution >= 4 is 5.97 Å². The van der Waals surface area contributed by atoms with Crippen LogP contribution in [0.4, 0.5) is 0 Å². The maximum Gasteiger partial charge on any atom is 0.306 e. The van der Waals surface area contributed by atoms with Crippen LogP contribution in [0.5, 0.6) is 0 Å². The van der Waals surface area contributed by atoms with E-state index in [1.54, 1.807) is 0 Å². The number of carbonyl (C=O) groups excluding carboxylic acids is 1. The molecule has 0 saturated heterocycles. The summed E-state index contributed by atoms with van der Waals surface area (Å²) in [7, 11) is 1.41. The highest BCUT2D eigenvalue weighted by Gasteiger charge is 2.31. The van der Waals surface area contributed by atoms with Crippen molar-refractivity contribution in [3.8, 4) is 0 Å². The SMILES string of the molecule is COC(=O)CC(c1c(C)cccc1C)C(C)(C)N. The lowest BCUT2D eigenvalue weighted by atomic mass is 9.77. The molecule has 1 rings (SSSR count). The summed E-state index contributed by atoms with van der Waals surface area (Å²) >= 11 is 0. The Hall–Kier alpha value is -1.35. The van der Waals surface area contributed by atoms with Crippen molar-refractivity contribution in [2.24, 2.45) is 5.73 Å². The molecular formula is C15H23NO2. The minimum Gasteiger partial charge on any atom is -0.469 e. The molecule has 0 amide bonds. The van der Waals surface area contributed by atoms with Gasteiger partial charge in [0, 0.05) is 11.5 Å². The Bertz CT molecular complexity index is 412. The monoisotopic (exact) mass is 249 g/mol. The van der Waals surface area contributed by atoms with Crippen LogP contribution in [0.3, 0.4) is 0 Å². The molecule has 1 aromatic rings. The molecule has 0 saturated carbocycles. The molecule has 1 atom stereocenters. The molecule has 0 fully saturated rings. The number of methoxy groups -OCH3 is 1. The number of benzene rings is 1. The summed E-state index contributed by atoms with van der Waals surface area (Å²) in [5.41, 5.74) is 9.28. The van der Waals surface area contributed by atoms with E-state index >= 15 is 0 Å². The van der Waals surface area contributed by atoms with Gasteiger partial charge < -0.3 is 10.5 Å². The minimum absolute atomic E-state index is 0.0360. The second kappa shape index (κ2) is 5.53. The molecule has 2 N–H and O–H groups in total. The first-order valence-electron chi connectivity index (χ1n) is 6.19. The van der Waals surface area contributed by atoms with E-state index in [1.807, 2.05) is 19.9 Å². The largest absolute Gasteiger partial charge is 0.469 e. The van der Waals surface area contributed by atoms with Crippen molar-refractivity contribution in [1.82, 2.24) is 0 Å². The topological polar surface area (TPSA) is 52.3 Å². The number of nitrogens with two attached hydrogens (primary N) is 1. The van der Waals surface area contributed by atoms with Crippen LogP contribution in [0.2, 0.25) is 0 Å². The molecule has 1 unspecified atom stereocenters. The van der Waals surface area contributed by atoms with Crippen molar-refractivity contribution in [2.45, 2.75) is 45.6 Å². The first-order chi connectivity index (χ1) is 8.27. The molecular weight excluding hydrogens is 226 g/mol. The Morgan fingerprint density at radius 3 is 2.22 bits per heavy atom. The van der Waals surface area contributed by atoms with Crippen molar-refractivity contribution in [2.75, 3.05) is 7.11 Å². The Kier molecular flexibility index (Phi) is 4.52. The lowest BCUT2D eigenvalue weighted by molar-refractivity contribution is -0.141. The zero-order chi connectivity index (χ0) is 13.9. The molecule has 3 nitrogen and oxygen atoms in total. The highest BCUT2D eigenvalue weighted by Crippen LogP contribution is 2.34. The fraction of sp³-hybridized carbons (Fsp3) is 0.533. The number of aryl methyl sites for hydroxylation is 2. The zero-order valence-corrected chi connectivity index (χ0v) is 11.9. The van der Waals surface area contributed by atoms with Gasteiger partial charge in [0.05, 0.1) is 13.5 Å². The Morgan fingerprint density at radius 1 is 1.33 bits per heavy atom. The normalized spacial score (nSPS) is 13.2. The van der Waals surface area contributed by atoms with E-state index in [0.717, 1.165) is 5.56 Å². The minimum atomic E-state index is -0.467. The summed E-state index contributed by atoms with van der Waals surface area (Å²) in [5.74, 6) is -0.257. The third kappa shape index (κ3) is 3.33. The van der Waals surface area contributed by atoms with E-state index in [2.05, 4.69) is 26.0 Å². The standard InChI is InChI=1S/C15H23NO2/c1-10-7-6-8-11(2)14(10)12(15(3,4)16)9-13(17)18-5/h6-8,12H,9,16H2,1-5H3. The van der Waals surface area contributed by atoms with Crippen LogP contribution in [-0.4, -0.2) is 18.6 Å². The maximum absolute atomic E-state index is 11.6. The molecule has 0 aromatic heterocycles. The van der Waals surface area contributed by atoms with Gasteiger partial charge in [-0.25, -0.2) is 0 Å². The maximum atomic E-state index is 11.6. The van der Waals surface area contributed by atoms with Gasteiger partial charge in [-0.3, -0.25) is 4.79 Å². The Morgan fingerprint density at radius 2 is 1.83 bits per heavy atom. The Labute approximate surface area is 109 Å². The van der Waals surface area contributed by atoms with Crippen LogP contribution in [0.15, 0.2) is 18.2 Å². The third-order valence-corrected chi connectivity index (χ3v) is 3.39. The van der Waals surface area contributed by atoms with E-state index < -0.39 is 5.54 Å². The van der Waals surface area contributed by atoms with Crippen molar-refractivity contribution in [3.05, 3.63) is 34.9 Å². The van der Waals surface area contributed by atoms with Gasteiger partial charge >= 0.3 is 5.97 Å². The van der Waals surface area contributed by atoms with E-state index in [4.69, 9.17) is 10.5 Å². The van der Waals surface area contributed by atoms with Gasteiger partial charge in [0.2, 0.25) is 0 Å². The molecule has 100 valence electrons. The molecule has 18 heavy (non-hydrogen) atoms. The van der Waals surface area contributed by atoms with Crippen LogP contribution in [0.1, 0.15) is 42.9 Å².